The summed E-state index contributed by atoms with van der Waals surface area (Å²) in [5.74, 6) is 1.13. The van der Waals surface area contributed by atoms with Crippen LogP contribution >= 0.6 is 11.8 Å². The van der Waals surface area contributed by atoms with Gasteiger partial charge < -0.3 is 5.32 Å². The normalized spacial score (nSPS) is 9.43. The maximum absolute atomic E-state index is 11.3. The molecule has 3 nitrogen and oxygen atoms in total. The van der Waals surface area contributed by atoms with Gasteiger partial charge in [0, 0.05) is 5.69 Å². The van der Waals surface area contributed by atoms with E-state index in [9.17, 15) is 4.79 Å². The molecule has 74 valence electrons. The molecule has 1 aromatic rings. The Labute approximate surface area is 87.4 Å². The summed E-state index contributed by atoms with van der Waals surface area (Å²) < 4.78 is 0. The van der Waals surface area contributed by atoms with Crippen LogP contribution in [0, 0.1) is 0 Å². The summed E-state index contributed by atoms with van der Waals surface area (Å²) in [5.41, 5.74) is 0.829. The van der Waals surface area contributed by atoms with Crippen LogP contribution in [0.4, 0.5) is 5.69 Å². The number of benzene rings is 1. The minimum Gasteiger partial charge on any atom is -0.325 e. The number of thioether (sulfide) groups is 1. The average molecular weight is 209 g/mol. The highest BCUT2D eigenvalue weighted by Crippen LogP contribution is 2.06. The van der Waals surface area contributed by atoms with E-state index in [1.165, 1.54) is 11.8 Å². The van der Waals surface area contributed by atoms with E-state index in [-0.39, 0.29) is 5.91 Å². The van der Waals surface area contributed by atoms with E-state index in [0.717, 1.165) is 5.69 Å². The highest BCUT2D eigenvalue weighted by molar-refractivity contribution is 8.00. The van der Waals surface area contributed by atoms with Crippen LogP contribution in [0.1, 0.15) is 0 Å². The molecule has 0 bridgehead atoms. The number of rotatable bonds is 5. The first-order valence-corrected chi connectivity index (χ1v) is 5.44. The van der Waals surface area contributed by atoms with E-state index in [4.69, 9.17) is 5.41 Å². The molecular formula is C10H13N2OS+. The van der Waals surface area contributed by atoms with Gasteiger partial charge in [-0.15, -0.1) is 11.8 Å². The Bertz CT molecular complexity index is 300. The summed E-state index contributed by atoms with van der Waals surface area (Å²) in [6.07, 6.45) is 1.54. The van der Waals surface area contributed by atoms with E-state index >= 15 is 0 Å². The van der Waals surface area contributed by atoms with Gasteiger partial charge in [0.15, 0.2) is 0 Å². The molecule has 0 spiro atoms. The number of amides is 1. The molecule has 1 amide bonds. The number of hydrogen-bond donors (Lipinski definition) is 2. The standard InChI is InChI=1S/C10H12N2OS/c11-6-7-14-8-10(13)12-9-4-2-1-3-5-9/h1-6,11H,7-8H2,(H,12,13)/p+1. The van der Waals surface area contributed by atoms with E-state index in [1.54, 1.807) is 6.21 Å². The Morgan fingerprint density at radius 1 is 1.43 bits per heavy atom. The van der Waals surface area contributed by atoms with Crippen LogP contribution in [0.5, 0.6) is 0 Å². The molecule has 0 fully saturated rings. The van der Waals surface area contributed by atoms with Gasteiger partial charge in [-0.25, -0.2) is 0 Å². The van der Waals surface area contributed by atoms with Crippen LogP contribution in [0.25, 0.3) is 0 Å². The topological polar surface area (TPSA) is 54.7 Å². The molecule has 4 heteroatoms. The van der Waals surface area contributed by atoms with E-state index in [1.807, 2.05) is 30.3 Å². The van der Waals surface area contributed by atoms with Crippen molar-refractivity contribution in [3.8, 4) is 0 Å². The number of hydrogen-bond acceptors (Lipinski definition) is 2. The quantitative estimate of drug-likeness (QED) is 0.537. The zero-order chi connectivity index (χ0) is 10.2. The van der Waals surface area contributed by atoms with Crippen LogP contribution in [-0.4, -0.2) is 23.6 Å². The summed E-state index contributed by atoms with van der Waals surface area (Å²) >= 11 is 1.49. The van der Waals surface area contributed by atoms with Crippen molar-refractivity contribution < 1.29 is 10.2 Å². The molecule has 0 aliphatic carbocycles. The number of nitrogens with two attached hydrogens (primary N) is 1. The molecule has 0 radical (unpaired) electrons. The lowest BCUT2D eigenvalue weighted by atomic mass is 10.3. The van der Waals surface area contributed by atoms with E-state index < -0.39 is 0 Å². The van der Waals surface area contributed by atoms with Gasteiger partial charge in [-0.3, -0.25) is 10.2 Å². The molecule has 0 unspecified atom stereocenters. The third-order valence-electron chi connectivity index (χ3n) is 1.50. The van der Waals surface area contributed by atoms with E-state index in [0.29, 0.717) is 11.5 Å². The van der Waals surface area contributed by atoms with Crippen molar-refractivity contribution >= 4 is 29.6 Å². The smallest absolute Gasteiger partial charge is 0.234 e. The second-order valence-corrected chi connectivity index (χ2v) is 3.70. The maximum Gasteiger partial charge on any atom is 0.234 e. The van der Waals surface area contributed by atoms with Crippen molar-refractivity contribution in [2.45, 2.75) is 0 Å². The third kappa shape index (κ3) is 4.09. The molecular weight excluding hydrogens is 196 g/mol. The monoisotopic (exact) mass is 209 g/mol. The van der Waals surface area contributed by atoms with Gasteiger partial charge in [0.2, 0.25) is 5.91 Å². The number of nitrogens with one attached hydrogen (secondary N) is 1. The summed E-state index contributed by atoms with van der Waals surface area (Å²) in [7, 11) is 0. The summed E-state index contributed by atoms with van der Waals surface area (Å²) in [4.78, 5) is 11.3. The predicted molar refractivity (Wildman–Crippen MR) is 60.4 cm³/mol. The number of carbonyl (C=O) groups excluding carboxylic acids is 1. The van der Waals surface area contributed by atoms with E-state index in [2.05, 4.69) is 5.32 Å². The fourth-order valence-corrected chi connectivity index (χ4v) is 1.45. The number of para-hydroxylation sites is 1. The fourth-order valence-electron chi connectivity index (χ4n) is 0.938. The molecule has 1 aromatic carbocycles. The summed E-state index contributed by atoms with van der Waals surface area (Å²) in [6, 6.07) is 9.40. The molecule has 0 heterocycles. The predicted octanol–water partition coefficient (Wildman–Crippen LogP) is 0.188. The average Bonchev–Trinajstić information content (AvgIpc) is 2.20. The first-order chi connectivity index (χ1) is 6.83. The van der Waals surface area contributed by atoms with Crippen molar-refractivity contribution in [2.24, 2.45) is 0 Å². The lowest BCUT2D eigenvalue weighted by Gasteiger charge is -2.02. The molecule has 1 rings (SSSR count). The Morgan fingerprint density at radius 3 is 2.79 bits per heavy atom. The van der Waals surface area contributed by atoms with Gasteiger partial charge in [-0.2, -0.15) is 0 Å². The minimum absolute atomic E-state index is 0.00282. The minimum atomic E-state index is 0.00282. The van der Waals surface area contributed by atoms with Gasteiger partial charge in [-0.05, 0) is 12.1 Å². The molecule has 14 heavy (non-hydrogen) atoms. The van der Waals surface area contributed by atoms with Gasteiger partial charge in [0.25, 0.3) is 0 Å². The first kappa shape index (κ1) is 10.8. The molecule has 0 aliphatic heterocycles. The second-order valence-electron chi connectivity index (χ2n) is 2.67. The van der Waals surface area contributed by atoms with Crippen molar-refractivity contribution in [1.29, 1.82) is 0 Å². The fraction of sp³-hybridized carbons (Fsp3) is 0.200. The summed E-state index contributed by atoms with van der Waals surface area (Å²) in [5, 5.41) is 7.98. The lowest BCUT2D eigenvalue weighted by Crippen LogP contribution is -2.30. The largest absolute Gasteiger partial charge is 0.325 e. The highest BCUT2D eigenvalue weighted by Gasteiger charge is 2.00. The number of anilines is 1. The third-order valence-corrected chi connectivity index (χ3v) is 2.40. The van der Waals surface area contributed by atoms with Crippen molar-refractivity contribution in [1.82, 2.24) is 0 Å². The first-order valence-electron chi connectivity index (χ1n) is 4.29. The van der Waals surface area contributed by atoms with Gasteiger partial charge >= 0.3 is 0 Å². The molecule has 0 atom stereocenters. The van der Waals surface area contributed by atoms with Crippen molar-refractivity contribution in [3.05, 3.63) is 30.3 Å². The molecule has 0 aliphatic rings. The SMILES string of the molecule is [NH2+]=CCSCC(=O)Nc1ccccc1. The van der Waals surface area contributed by atoms with Gasteiger partial charge in [0.05, 0.1) is 11.5 Å². The molecule has 0 saturated heterocycles. The lowest BCUT2D eigenvalue weighted by molar-refractivity contribution is -0.113. The summed E-state index contributed by atoms with van der Waals surface area (Å²) in [6.45, 7) is 0. The van der Waals surface area contributed by atoms with Crippen molar-refractivity contribution in [3.63, 3.8) is 0 Å². The zero-order valence-corrected chi connectivity index (χ0v) is 8.59. The Morgan fingerprint density at radius 2 is 2.14 bits per heavy atom. The Kier molecular flexibility index (Phi) is 4.78. The van der Waals surface area contributed by atoms with Crippen LogP contribution in [0.2, 0.25) is 0 Å². The van der Waals surface area contributed by atoms with Crippen LogP contribution in [0.3, 0.4) is 0 Å². The Hall–Kier alpha value is -1.29. The van der Waals surface area contributed by atoms with Crippen LogP contribution in [-0.2, 0) is 4.79 Å². The highest BCUT2D eigenvalue weighted by atomic mass is 32.2. The van der Waals surface area contributed by atoms with Gasteiger partial charge in [0.1, 0.15) is 6.21 Å². The second kappa shape index (κ2) is 6.21. The van der Waals surface area contributed by atoms with Crippen molar-refractivity contribution in [2.75, 3.05) is 16.8 Å². The zero-order valence-electron chi connectivity index (χ0n) is 7.77. The molecule has 0 saturated carbocycles. The molecule has 3 N–H and O–H groups in total. The van der Waals surface area contributed by atoms with Gasteiger partial charge in [-0.1, -0.05) is 18.2 Å². The molecule has 0 aromatic heterocycles. The number of carbonyl (C=O) groups is 1. The van der Waals surface area contributed by atoms with Crippen LogP contribution < -0.4 is 10.7 Å². The maximum atomic E-state index is 11.3. The van der Waals surface area contributed by atoms with Crippen LogP contribution in [0.15, 0.2) is 30.3 Å². The Balaban J connectivity index is 2.31.